The standard InChI is InChI=1S/C8H18N2O/c1-4-8(11)10-6-5-9-7(2)3/h7,9H,4-6H2,1-3H3,(H,10,11). The molecule has 0 rings (SSSR count). The van der Waals surface area contributed by atoms with Crippen LogP contribution in [0.15, 0.2) is 0 Å². The molecule has 0 radical (unpaired) electrons. The Morgan fingerprint density at radius 2 is 2.00 bits per heavy atom. The first-order chi connectivity index (χ1) is 5.16. The van der Waals surface area contributed by atoms with Crippen LogP contribution in [0.2, 0.25) is 0 Å². The van der Waals surface area contributed by atoms with Crippen molar-refractivity contribution >= 4 is 5.91 Å². The van der Waals surface area contributed by atoms with E-state index in [1.807, 2.05) is 6.92 Å². The van der Waals surface area contributed by atoms with E-state index in [0.29, 0.717) is 12.5 Å². The highest BCUT2D eigenvalue weighted by molar-refractivity contribution is 5.75. The molecule has 0 saturated heterocycles. The van der Waals surface area contributed by atoms with Crippen molar-refractivity contribution in [2.45, 2.75) is 33.2 Å². The highest BCUT2D eigenvalue weighted by Crippen LogP contribution is 1.75. The van der Waals surface area contributed by atoms with E-state index in [0.717, 1.165) is 13.1 Å². The predicted octanol–water partition coefficient (Wildman–Crippen LogP) is 0.511. The second-order valence-corrected chi connectivity index (χ2v) is 2.81. The van der Waals surface area contributed by atoms with Crippen molar-refractivity contribution in [3.63, 3.8) is 0 Å². The van der Waals surface area contributed by atoms with Crippen LogP contribution in [0.25, 0.3) is 0 Å². The molecule has 0 fully saturated rings. The van der Waals surface area contributed by atoms with Crippen molar-refractivity contribution in [3.05, 3.63) is 0 Å². The van der Waals surface area contributed by atoms with Crippen molar-refractivity contribution in [2.75, 3.05) is 13.1 Å². The molecular formula is C8H18N2O. The summed E-state index contributed by atoms with van der Waals surface area (Å²) < 4.78 is 0. The summed E-state index contributed by atoms with van der Waals surface area (Å²) in [7, 11) is 0. The number of carbonyl (C=O) groups excluding carboxylic acids is 1. The van der Waals surface area contributed by atoms with E-state index in [1.54, 1.807) is 0 Å². The summed E-state index contributed by atoms with van der Waals surface area (Å²) in [5.74, 6) is 0.121. The van der Waals surface area contributed by atoms with Gasteiger partial charge < -0.3 is 10.6 Å². The van der Waals surface area contributed by atoms with Gasteiger partial charge in [0, 0.05) is 25.6 Å². The van der Waals surface area contributed by atoms with E-state index >= 15 is 0 Å². The maximum absolute atomic E-state index is 10.7. The molecular weight excluding hydrogens is 140 g/mol. The minimum Gasteiger partial charge on any atom is -0.355 e. The fourth-order valence-corrected chi connectivity index (χ4v) is 0.688. The first-order valence-electron chi connectivity index (χ1n) is 4.17. The quantitative estimate of drug-likeness (QED) is 0.572. The Bertz CT molecular complexity index is 113. The Labute approximate surface area is 68.6 Å². The summed E-state index contributed by atoms with van der Waals surface area (Å²) in [6, 6.07) is 0.494. The lowest BCUT2D eigenvalue weighted by Gasteiger charge is -2.07. The van der Waals surface area contributed by atoms with Crippen LogP contribution in [0, 0.1) is 0 Å². The molecule has 0 spiro atoms. The Kier molecular flexibility index (Phi) is 5.84. The average molecular weight is 158 g/mol. The Hall–Kier alpha value is -0.570. The number of rotatable bonds is 5. The fraction of sp³-hybridized carbons (Fsp3) is 0.875. The molecule has 1 amide bonds. The molecule has 3 nitrogen and oxygen atoms in total. The van der Waals surface area contributed by atoms with Crippen molar-refractivity contribution in [3.8, 4) is 0 Å². The molecule has 0 aliphatic carbocycles. The molecule has 2 N–H and O–H groups in total. The zero-order chi connectivity index (χ0) is 8.69. The van der Waals surface area contributed by atoms with Gasteiger partial charge in [0.1, 0.15) is 0 Å². The van der Waals surface area contributed by atoms with Crippen molar-refractivity contribution in [1.82, 2.24) is 10.6 Å². The normalized spacial score (nSPS) is 10.2. The second kappa shape index (κ2) is 6.16. The monoisotopic (exact) mass is 158 g/mol. The zero-order valence-corrected chi connectivity index (χ0v) is 7.61. The molecule has 0 heterocycles. The van der Waals surface area contributed by atoms with Gasteiger partial charge in [0.05, 0.1) is 0 Å². The summed E-state index contributed by atoms with van der Waals surface area (Å²) in [4.78, 5) is 10.7. The van der Waals surface area contributed by atoms with E-state index < -0.39 is 0 Å². The third-order valence-corrected chi connectivity index (χ3v) is 1.32. The maximum Gasteiger partial charge on any atom is 0.219 e. The van der Waals surface area contributed by atoms with Crippen molar-refractivity contribution < 1.29 is 4.79 Å². The zero-order valence-electron chi connectivity index (χ0n) is 7.61. The molecule has 66 valence electrons. The van der Waals surface area contributed by atoms with Gasteiger partial charge in [-0.25, -0.2) is 0 Å². The minimum atomic E-state index is 0.121. The van der Waals surface area contributed by atoms with E-state index in [2.05, 4.69) is 24.5 Å². The number of nitrogens with one attached hydrogen (secondary N) is 2. The van der Waals surface area contributed by atoms with Crippen LogP contribution in [0.1, 0.15) is 27.2 Å². The lowest BCUT2D eigenvalue weighted by Crippen LogP contribution is -2.34. The number of hydrogen-bond donors (Lipinski definition) is 2. The van der Waals surface area contributed by atoms with Crippen LogP contribution in [0.3, 0.4) is 0 Å². The third-order valence-electron chi connectivity index (χ3n) is 1.32. The summed E-state index contributed by atoms with van der Waals surface area (Å²) in [6.07, 6.45) is 0.571. The number of carbonyl (C=O) groups is 1. The maximum atomic E-state index is 10.7. The van der Waals surface area contributed by atoms with Gasteiger partial charge in [-0.15, -0.1) is 0 Å². The lowest BCUT2D eigenvalue weighted by atomic mass is 10.4. The molecule has 3 heteroatoms. The molecule has 0 aromatic carbocycles. The van der Waals surface area contributed by atoms with Crippen molar-refractivity contribution in [1.29, 1.82) is 0 Å². The lowest BCUT2D eigenvalue weighted by molar-refractivity contribution is -0.120. The second-order valence-electron chi connectivity index (χ2n) is 2.81. The smallest absolute Gasteiger partial charge is 0.219 e. The van der Waals surface area contributed by atoms with Gasteiger partial charge in [-0.05, 0) is 0 Å². The van der Waals surface area contributed by atoms with Crippen LogP contribution < -0.4 is 10.6 Å². The molecule has 0 atom stereocenters. The molecule has 0 unspecified atom stereocenters. The predicted molar refractivity (Wildman–Crippen MR) is 46.4 cm³/mol. The van der Waals surface area contributed by atoms with Gasteiger partial charge in [0.2, 0.25) is 5.91 Å². The van der Waals surface area contributed by atoms with Crippen LogP contribution in [-0.2, 0) is 4.79 Å². The highest BCUT2D eigenvalue weighted by Gasteiger charge is 1.95. The molecule has 0 aliphatic heterocycles. The summed E-state index contributed by atoms with van der Waals surface area (Å²) in [5.41, 5.74) is 0. The van der Waals surface area contributed by atoms with Crippen LogP contribution in [-0.4, -0.2) is 25.0 Å². The number of hydrogen-bond acceptors (Lipinski definition) is 2. The van der Waals surface area contributed by atoms with Gasteiger partial charge in [-0.1, -0.05) is 20.8 Å². The molecule has 0 aliphatic rings. The SMILES string of the molecule is CCC(=O)NCCNC(C)C. The topological polar surface area (TPSA) is 41.1 Å². The van der Waals surface area contributed by atoms with Crippen LogP contribution in [0.5, 0.6) is 0 Å². The largest absolute Gasteiger partial charge is 0.355 e. The summed E-state index contributed by atoms with van der Waals surface area (Å²) in [6.45, 7) is 7.60. The molecule has 0 bridgehead atoms. The third kappa shape index (κ3) is 7.33. The summed E-state index contributed by atoms with van der Waals surface area (Å²) in [5, 5.41) is 6.00. The Balaban J connectivity index is 3.08. The van der Waals surface area contributed by atoms with Gasteiger partial charge in [-0.3, -0.25) is 4.79 Å². The first kappa shape index (κ1) is 10.4. The van der Waals surface area contributed by atoms with Crippen LogP contribution >= 0.6 is 0 Å². The van der Waals surface area contributed by atoms with Gasteiger partial charge >= 0.3 is 0 Å². The van der Waals surface area contributed by atoms with Gasteiger partial charge in [-0.2, -0.15) is 0 Å². The van der Waals surface area contributed by atoms with Gasteiger partial charge in [0.25, 0.3) is 0 Å². The van der Waals surface area contributed by atoms with E-state index in [4.69, 9.17) is 0 Å². The van der Waals surface area contributed by atoms with Gasteiger partial charge in [0.15, 0.2) is 0 Å². The van der Waals surface area contributed by atoms with Crippen LogP contribution in [0.4, 0.5) is 0 Å². The Morgan fingerprint density at radius 3 is 2.45 bits per heavy atom. The molecule has 11 heavy (non-hydrogen) atoms. The van der Waals surface area contributed by atoms with E-state index in [-0.39, 0.29) is 5.91 Å². The minimum absolute atomic E-state index is 0.121. The molecule has 0 aromatic rings. The van der Waals surface area contributed by atoms with E-state index in [1.165, 1.54) is 0 Å². The number of amides is 1. The highest BCUT2D eigenvalue weighted by atomic mass is 16.1. The first-order valence-corrected chi connectivity index (χ1v) is 4.17. The molecule has 0 aromatic heterocycles. The van der Waals surface area contributed by atoms with E-state index in [9.17, 15) is 4.79 Å². The average Bonchev–Trinajstić information content (AvgIpc) is 1.97. The summed E-state index contributed by atoms with van der Waals surface area (Å²) >= 11 is 0. The van der Waals surface area contributed by atoms with Crippen molar-refractivity contribution in [2.24, 2.45) is 0 Å². The Morgan fingerprint density at radius 1 is 1.36 bits per heavy atom. The molecule has 0 saturated carbocycles. The fourth-order valence-electron chi connectivity index (χ4n) is 0.688.